The molecule has 0 unspecified atom stereocenters. The zero-order valence-electron chi connectivity index (χ0n) is 10.3. The van der Waals surface area contributed by atoms with Gasteiger partial charge in [0.2, 0.25) is 5.91 Å². The van der Waals surface area contributed by atoms with Gasteiger partial charge in [0.25, 0.3) is 0 Å². The van der Waals surface area contributed by atoms with Gasteiger partial charge in [-0.05, 0) is 18.4 Å². The minimum atomic E-state index is -0.493. The first-order chi connectivity index (χ1) is 8.77. The van der Waals surface area contributed by atoms with Crippen molar-refractivity contribution in [2.75, 3.05) is 12.3 Å². The topological polar surface area (TPSA) is 49.3 Å². The van der Waals surface area contributed by atoms with Crippen molar-refractivity contribution in [3.8, 4) is 0 Å². The maximum absolute atomic E-state index is 11.7. The lowest BCUT2D eigenvalue weighted by Gasteiger charge is -2.16. The van der Waals surface area contributed by atoms with Crippen molar-refractivity contribution < 1.29 is 9.90 Å². The van der Waals surface area contributed by atoms with Gasteiger partial charge in [-0.1, -0.05) is 36.8 Å². The third-order valence-electron chi connectivity index (χ3n) is 3.12. The summed E-state index contributed by atoms with van der Waals surface area (Å²) in [5.41, 5.74) is 0.916. The van der Waals surface area contributed by atoms with Gasteiger partial charge in [-0.2, -0.15) is 0 Å². The average molecular weight is 265 g/mol. The van der Waals surface area contributed by atoms with Gasteiger partial charge in [0.1, 0.15) is 0 Å². The highest BCUT2D eigenvalue weighted by molar-refractivity contribution is 8.00. The lowest BCUT2D eigenvalue weighted by Crippen LogP contribution is -2.31. The summed E-state index contributed by atoms with van der Waals surface area (Å²) in [7, 11) is 0. The van der Waals surface area contributed by atoms with E-state index in [2.05, 4.69) is 5.32 Å². The Kier molecular flexibility index (Phi) is 5.08. The number of amides is 1. The normalized spacial score (nSPS) is 22.1. The molecule has 1 aromatic carbocycles. The van der Waals surface area contributed by atoms with Crippen LogP contribution in [0.5, 0.6) is 0 Å². The summed E-state index contributed by atoms with van der Waals surface area (Å²) in [6.07, 6.45) is 2.56. The van der Waals surface area contributed by atoms with E-state index in [1.807, 2.05) is 30.3 Å². The zero-order valence-corrected chi connectivity index (χ0v) is 11.2. The minimum Gasteiger partial charge on any atom is -0.388 e. The summed E-state index contributed by atoms with van der Waals surface area (Å²) >= 11 is 1.56. The van der Waals surface area contributed by atoms with Crippen LogP contribution < -0.4 is 5.32 Å². The molecule has 2 N–H and O–H groups in total. The second-order valence-corrected chi connectivity index (χ2v) is 5.77. The molecule has 0 bridgehead atoms. The fourth-order valence-electron chi connectivity index (χ4n) is 2.05. The molecule has 0 aromatic heterocycles. The minimum absolute atomic E-state index is 0.00846. The molecule has 2 rings (SSSR count). The number of aliphatic hydroxyl groups is 1. The highest BCUT2D eigenvalue weighted by Crippen LogP contribution is 2.25. The molecule has 18 heavy (non-hydrogen) atoms. The van der Waals surface area contributed by atoms with Crippen LogP contribution in [0, 0.1) is 0 Å². The van der Waals surface area contributed by atoms with E-state index in [4.69, 9.17) is 0 Å². The molecule has 98 valence electrons. The zero-order chi connectivity index (χ0) is 12.8. The van der Waals surface area contributed by atoms with Crippen molar-refractivity contribution >= 4 is 17.7 Å². The average Bonchev–Trinajstić information content (AvgIpc) is 2.62. The number of aliphatic hydroxyl groups excluding tert-OH is 1. The van der Waals surface area contributed by atoms with E-state index in [-0.39, 0.29) is 11.2 Å². The molecular weight excluding hydrogens is 246 g/mol. The molecule has 1 saturated heterocycles. The molecule has 1 amide bonds. The smallest absolute Gasteiger partial charge is 0.233 e. The molecular formula is C14H19NO2S. The maximum atomic E-state index is 11.7. The SMILES string of the molecule is O=C1NCCCC[C@@H]1SC[C@@H](O)c1ccccc1. The predicted octanol–water partition coefficient (Wildman–Crippen LogP) is 2.12. The lowest BCUT2D eigenvalue weighted by atomic mass is 10.1. The van der Waals surface area contributed by atoms with Crippen molar-refractivity contribution in [3.05, 3.63) is 35.9 Å². The fraction of sp³-hybridized carbons (Fsp3) is 0.500. The van der Waals surface area contributed by atoms with Crippen LogP contribution in [-0.2, 0) is 4.79 Å². The Morgan fingerprint density at radius 1 is 1.33 bits per heavy atom. The molecule has 0 saturated carbocycles. The van der Waals surface area contributed by atoms with Crippen molar-refractivity contribution in [2.24, 2.45) is 0 Å². The molecule has 0 spiro atoms. The Hall–Kier alpha value is -1.00. The number of hydrogen-bond acceptors (Lipinski definition) is 3. The predicted molar refractivity (Wildman–Crippen MR) is 74.5 cm³/mol. The monoisotopic (exact) mass is 265 g/mol. The van der Waals surface area contributed by atoms with Gasteiger partial charge in [0.15, 0.2) is 0 Å². The van der Waals surface area contributed by atoms with Crippen molar-refractivity contribution in [3.63, 3.8) is 0 Å². The van der Waals surface area contributed by atoms with E-state index < -0.39 is 6.10 Å². The van der Waals surface area contributed by atoms with Crippen molar-refractivity contribution in [1.29, 1.82) is 0 Å². The molecule has 1 aliphatic rings. The van der Waals surface area contributed by atoms with Crippen LogP contribution in [0.2, 0.25) is 0 Å². The summed E-state index contributed by atoms with van der Waals surface area (Å²) in [6, 6.07) is 9.60. The molecule has 2 atom stereocenters. The molecule has 1 fully saturated rings. The molecule has 4 heteroatoms. The maximum Gasteiger partial charge on any atom is 0.233 e. The Morgan fingerprint density at radius 3 is 2.89 bits per heavy atom. The van der Waals surface area contributed by atoms with Crippen LogP contribution in [0.3, 0.4) is 0 Å². The van der Waals surface area contributed by atoms with Crippen molar-refractivity contribution in [2.45, 2.75) is 30.6 Å². The summed E-state index contributed by atoms with van der Waals surface area (Å²) < 4.78 is 0. The van der Waals surface area contributed by atoms with Gasteiger partial charge in [0.05, 0.1) is 11.4 Å². The molecule has 1 heterocycles. The van der Waals surface area contributed by atoms with E-state index in [0.29, 0.717) is 5.75 Å². The van der Waals surface area contributed by atoms with Crippen LogP contribution in [0.25, 0.3) is 0 Å². The number of hydrogen-bond donors (Lipinski definition) is 2. The Morgan fingerprint density at radius 2 is 2.11 bits per heavy atom. The summed E-state index contributed by atoms with van der Waals surface area (Å²) in [6.45, 7) is 0.789. The summed E-state index contributed by atoms with van der Waals surface area (Å²) in [4.78, 5) is 11.7. The second-order valence-electron chi connectivity index (χ2n) is 4.54. The van der Waals surface area contributed by atoms with Gasteiger partial charge >= 0.3 is 0 Å². The van der Waals surface area contributed by atoms with Crippen LogP contribution in [0.1, 0.15) is 30.9 Å². The van der Waals surface area contributed by atoms with E-state index in [1.165, 1.54) is 0 Å². The lowest BCUT2D eigenvalue weighted by molar-refractivity contribution is -0.120. The summed E-state index contributed by atoms with van der Waals surface area (Å²) in [5, 5.41) is 13.0. The van der Waals surface area contributed by atoms with Gasteiger partial charge in [-0.25, -0.2) is 0 Å². The van der Waals surface area contributed by atoms with E-state index >= 15 is 0 Å². The van der Waals surface area contributed by atoms with E-state index in [1.54, 1.807) is 11.8 Å². The number of rotatable bonds is 4. The Labute approximate surface area is 112 Å². The summed E-state index contributed by atoms with van der Waals surface area (Å²) in [5.74, 6) is 0.694. The number of nitrogens with one attached hydrogen (secondary N) is 1. The molecule has 1 aliphatic heterocycles. The largest absolute Gasteiger partial charge is 0.388 e. The molecule has 0 radical (unpaired) electrons. The first-order valence-electron chi connectivity index (χ1n) is 6.39. The van der Waals surface area contributed by atoms with E-state index in [0.717, 1.165) is 31.4 Å². The third-order valence-corrected chi connectivity index (χ3v) is 4.48. The van der Waals surface area contributed by atoms with Gasteiger partial charge in [-0.15, -0.1) is 11.8 Å². The van der Waals surface area contributed by atoms with Crippen LogP contribution in [0.15, 0.2) is 30.3 Å². The number of carbonyl (C=O) groups excluding carboxylic acids is 1. The molecule has 1 aromatic rings. The van der Waals surface area contributed by atoms with Crippen LogP contribution in [0.4, 0.5) is 0 Å². The number of benzene rings is 1. The van der Waals surface area contributed by atoms with E-state index in [9.17, 15) is 9.90 Å². The number of thioether (sulfide) groups is 1. The quantitative estimate of drug-likeness (QED) is 0.876. The van der Waals surface area contributed by atoms with Gasteiger partial charge in [-0.3, -0.25) is 4.79 Å². The first-order valence-corrected chi connectivity index (χ1v) is 7.44. The van der Waals surface area contributed by atoms with Gasteiger partial charge in [0, 0.05) is 12.3 Å². The Balaban J connectivity index is 1.85. The fourth-order valence-corrected chi connectivity index (χ4v) is 3.22. The second kappa shape index (κ2) is 6.81. The van der Waals surface area contributed by atoms with Crippen molar-refractivity contribution in [1.82, 2.24) is 5.32 Å². The third kappa shape index (κ3) is 3.75. The van der Waals surface area contributed by atoms with Crippen LogP contribution in [-0.4, -0.2) is 28.6 Å². The molecule has 0 aliphatic carbocycles. The van der Waals surface area contributed by atoms with Gasteiger partial charge < -0.3 is 10.4 Å². The standard InChI is InChI=1S/C14H19NO2S/c16-12(11-6-2-1-3-7-11)10-18-13-8-4-5-9-15-14(13)17/h1-3,6-7,12-13,16H,4-5,8-10H2,(H,15,17)/t12-,13+/m1/s1. The highest BCUT2D eigenvalue weighted by atomic mass is 32.2. The van der Waals surface area contributed by atoms with Crippen LogP contribution >= 0.6 is 11.8 Å². The first kappa shape index (κ1) is 13.4. The number of carbonyl (C=O) groups is 1. The molecule has 3 nitrogen and oxygen atoms in total. The Bertz CT molecular complexity index is 383. The highest BCUT2D eigenvalue weighted by Gasteiger charge is 2.22.